The Hall–Kier alpha value is 0.190. The van der Waals surface area contributed by atoms with Gasteiger partial charge in [0.1, 0.15) is 0 Å². The lowest BCUT2D eigenvalue weighted by Gasteiger charge is -2.08. The number of hydrogen-bond donors (Lipinski definition) is 2. The summed E-state index contributed by atoms with van der Waals surface area (Å²) in [7, 11) is 0. The topological polar surface area (TPSA) is 71.3 Å². The van der Waals surface area contributed by atoms with Crippen LogP contribution >= 0.6 is 11.8 Å². The molecule has 3 N–H and O–H groups in total. The molecule has 1 fully saturated rings. The van der Waals surface area contributed by atoms with Crippen molar-refractivity contribution < 1.29 is 14.9 Å². The van der Waals surface area contributed by atoms with Crippen LogP contribution in [0.1, 0.15) is 6.42 Å². The Balaban J connectivity index is 2.15. The summed E-state index contributed by atoms with van der Waals surface area (Å²) in [5, 5.41) is 9.05. The van der Waals surface area contributed by atoms with E-state index in [2.05, 4.69) is 9.78 Å². The molecule has 0 aromatic heterocycles. The smallest absolute Gasteiger partial charge is 0.338 e. The molecule has 0 saturated carbocycles. The van der Waals surface area contributed by atoms with E-state index in [1.807, 2.05) is 6.26 Å². The van der Waals surface area contributed by atoms with Gasteiger partial charge < -0.3 is 10.8 Å². The van der Waals surface area contributed by atoms with Crippen LogP contribution < -0.4 is 5.73 Å². The van der Waals surface area contributed by atoms with Gasteiger partial charge in [-0.15, -0.1) is 0 Å². The van der Waals surface area contributed by atoms with Gasteiger partial charge in [-0.3, -0.25) is 0 Å². The van der Waals surface area contributed by atoms with Gasteiger partial charge in [0.05, 0.1) is 6.04 Å². The Labute approximate surface area is 63.6 Å². The first kappa shape index (κ1) is 8.29. The molecule has 0 radical (unpaired) electrons. The van der Waals surface area contributed by atoms with E-state index < -0.39 is 12.0 Å². The molecule has 4 nitrogen and oxygen atoms in total. The Morgan fingerprint density at radius 1 is 1.70 bits per heavy atom. The highest BCUT2D eigenvalue weighted by Crippen LogP contribution is 2.30. The summed E-state index contributed by atoms with van der Waals surface area (Å²) in [6.45, 7) is 0. The van der Waals surface area contributed by atoms with Crippen LogP contribution in [0.3, 0.4) is 0 Å². The highest BCUT2D eigenvalue weighted by molar-refractivity contribution is 7.98. The third kappa shape index (κ3) is 1.83. The van der Waals surface area contributed by atoms with Crippen molar-refractivity contribution in [1.82, 2.24) is 0 Å². The van der Waals surface area contributed by atoms with Gasteiger partial charge in [-0.1, -0.05) is 0 Å². The lowest BCUT2D eigenvalue weighted by molar-refractivity contribution is 0.00342. The van der Waals surface area contributed by atoms with Gasteiger partial charge in [-0.2, -0.15) is 21.5 Å². The summed E-state index contributed by atoms with van der Waals surface area (Å²) in [5.74, 6) is -0.577. The Morgan fingerprint density at radius 2 is 2.30 bits per heavy atom. The van der Waals surface area contributed by atoms with Crippen molar-refractivity contribution in [3.63, 3.8) is 0 Å². The van der Waals surface area contributed by atoms with Crippen LogP contribution in [-0.2, 0) is 9.78 Å². The van der Waals surface area contributed by atoms with Crippen LogP contribution in [-0.4, -0.2) is 29.1 Å². The van der Waals surface area contributed by atoms with Gasteiger partial charge in [0.25, 0.3) is 0 Å². The molecule has 1 atom stereocenters. The largest absolute Gasteiger partial charge is 0.352 e. The summed E-state index contributed by atoms with van der Waals surface area (Å²) in [6.07, 6.45) is 2.67. The molecule has 1 saturated heterocycles. The summed E-state index contributed by atoms with van der Waals surface area (Å²) in [4.78, 5) is 8.55. The van der Waals surface area contributed by atoms with Crippen molar-refractivity contribution in [3.05, 3.63) is 0 Å². The number of thioether (sulfide) groups is 1. The van der Waals surface area contributed by atoms with Gasteiger partial charge in [-0.25, -0.2) is 0 Å². The van der Waals surface area contributed by atoms with Crippen molar-refractivity contribution in [2.45, 2.75) is 18.4 Å². The summed E-state index contributed by atoms with van der Waals surface area (Å²) in [5.41, 5.74) is 5.49. The lowest BCUT2D eigenvalue weighted by Crippen LogP contribution is -2.37. The van der Waals surface area contributed by atoms with E-state index in [0.29, 0.717) is 6.42 Å². The fourth-order valence-electron chi connectivity index (χ4n) is 0.594. The average Bonchev–Trinajstić information content (AvgIpc) is 2.64. The van der Waals surface area contributed by atoms with Gasteiger partial charge in [0, 0.05) is 0 Å². The van der Waals surface area contributed by atoms with Crippen molar-refractivity contribution >= 4 is 11.8 Å². The normalized spacial score (nSPS) is 24.3. The molecule has 0 aromatic carbocycles. The average molecular weight is 165 g/mol. The maximum Gasteiger partial charge on any atom is 0.352 e. The zero-order chi connectivity index (χ0) is 7.61. The molecule has 1 rings (SSSR count). The predicted molar refractivity (Wildman–Crippen MR) is 38.1 cm³/mol. The molecule has 0 amide bonds. The second kappa shape index (κ2) is 3.06. The quantitative estimate of drug-likeness (QED) is 0.441. The molecule has 0 aromatic rings. The maximum atomic E-state index is 9.05. The van der Waals surface area contributed by atoms with Crippen molar-refractivity contribution in [3.8, 4) is 0 Å². The zero-order valence-electron chi connectivity index (χ0n) is 5.74. The number of aliphatic hydroxyl groups is 1. The van der Waals surface area contributed by atoms with Crippen LogP contribution in [0.2, 0.25) is 0 Å². The molecule has 5 heteroatoms. The SMILES string of the molecule is CSCC[C@H](N)C1(O)OO1. The summed E-state index contributed by atoms with van der Waals surface area (Å²) in [6, 6.07) is -0.431. The fraction of sp³-hybridized carbons (Fsp3) is 1.00. The van der Waals surface area contributed by atoms with Gasteiger partial charge >= 0.3 is 5.97 Å². The molecule has 60 valence electrons. The molecule has 0 bridgehead atoms. The van der Waals surface area contributed by atoms with E-state index in [1.54, 1.807) is 11.8 Å². The van der Waals surface area contributed by atoms with Crippen LogP contribution in [0.15, 0.2) is 0 Å². The van der Waals surface area contributed by atoms with E-state index in [0.717, 1.165) is 5.75 Å². The van der Waals surface area contributed by atoms with Crippen molar-refractivity contribution in [2.75, 3.05) is 12.0 Å². The van der Waals surface area contributed by atoms with Crippen LogP contribution in [0.25, 0.3) is 0 Å². The highest BCUT2D eigenvalue weighted by atomic mass is 32.2. The van der Waals surface area contributed by atoms with E-state index in [-0.39, 0.29) is 0 Å². The molecule has 1 heterocycles. The van der Waals surface area contributed by atoms with E-state index in [9.17, 15) is 0 Å². The maximum absolute atomic E-state index is 9.05. The molecular weight excluding hydrogens is 154 g/mol. The van der Waals surface area contributed by atoms with E-state index in [1.165, 1.54) is 0 Å². The molecule has 1 aliphatic heterocycles. The molecule has 0 spiro atoms. The highest BCUT2D eigenvalue weighted by Gasteiger charge is 2.52. The zero-order valence-corrected chi connectivity index (χ0v) is 6.56. The molecule has 1 aliphatic rings. The Bertz CT molecular complexity index is 117. The van der Waals surface area contributed by atoms with Crippen LogP contribution in [0.4, 0.5) is 0 Å². The predicted octanol–water partition coefficient (Wildman–Crippen LogP) is -0.325. The van der Waals surface area contributed by atoms with Crippen LogP contribution in [0, 0.1) is 0 Å². The number of rotatable bonds is 4. The van der Waals surface area contributed by atoms with Gasteiger partial charge in [-0.05, 0) is 18.4 Å². The van der Waals surface area contributed by atoms with Gasteiger partial charge in [0.2, 0.25) is 0 Å². The van der Waals surface area contributed by atoms with E-state index >= 15 is 0 Å². The first-order chi connectivity index (χ1) is 4.69. The number of nitrogens with two attached hydrogens (primary N) is 1. The first-order valence-electron chi connectivity index (χ1n) is 3.03. The summed E-state index contributed by atoms with van der Waals surface area (Å²) >= 11 is 1.67. The number of hydrogen-bond acceptors (Lipinski definition) is 5. The Morgan fingerprint density at radius 3 is 2.70 bits per heavy atom. The molecule has 0 aliphatic carbocycles. The second-order valence-electron chi connectivity index (χ2n) is 2.19. The van der Waals surface area contributed by atoms with E-state index in [4.69, 9.17) is 10.8 Å². The second-order valence-corrected chi connectivity index (χ2v) is 3.17. The molecular formula is C5H11NO3S. The third-order valence-corrected chi connectivity index (χ3v) is 2.00. The fourth-order valence-corrected chi connectivity index (χ4v) is 1.08. The monoisotopic (exact) mass is 165 g/mol. The van der Waals surface area contributed by atoms with Crippen molar-refractivity contribution in [2.24, 2.45) is 5.73 Å². The minimum Gasteiger partial charge on any atom is -0.338 e. The first-order valence-corrected chi connectivity index (χ1v) is 4.42. The Kier molecular flexibility index (Phi) is 2.54. The minimum atomic E-state index is -1.48. The molecule has 0 unspecified atom stereocenters. The lowest BCUT2D eigenvalue weighted by atomic mass is 10.2. The third-order valence-electron chi connectivity index (χ3n) is 1.36. The van der Waals surface area contributed by atoms with Crippen molar-refractivity contribution in [1.29, 1.82) is 0 Å². The molecule has 10 heavy (non-hydrogen) atoms. The van der Waals surface area contributed by atoms with Gasteiger partial charge in [0.15, 0.2) is 0 Å². The van der Waals surface area contributed by atoms with Crippen LogP contribution in [0.5, 0.6) is 0 Å². The standard InChI is InChI=1S/C5H11NO3S/c1-10-3-2-4(6)5(7)8-9-5/h4,7H,2-3,6H2,1H3/t4-/m0/s1. The summed E-state index contributed by atoms with van der Waals surface area (Å²) < 4.78 is 0. The minimum absolute atomic E-state index is 0.431.